The summed E-state index contributed by atoms with van der Waals surface area (Å²) in [5.41, 5.74) is 6.18. The fourth-order valence-corrected chi connectivity index (χ4v) is 3.18. The van der Waals surface area contributed by atoms with Crippen LogP contribution in [0.1, 0.15) is 13.8 Å². The highest BCUT2D eigenvalue weighted by atomic mass is 32.2. The van der Waals surface area contributed by atoms with Crippen LogP contribution in [0.4, 0.5) is 5.69 Å². The highest BCUT2D eigenvalue weighted by Gasteiger charge is 2.22. The van der Waals surface area contributed by atoms with Gasteiger partial charge < -0.3 is 10.5 Å². The van der Waals surface area contributed by atoms with Crippen LogP contribution in [0, 0.1) is 17.2 Å². The highest BCUT2D eigenvalue weighted by Crippen LogP contribution is 2.14. The van der Waals surface area contributed by atoms with Crippen LogP contribution in [0.5, 0.6) is 5.75 Å². The number of sulfonamides is 1. The lowest BCUT2D eigenvalue weighted by atomic mass is 10.2. The molecule has 21 heavy (non-hydrogen) atoms. The van der Waals surface area contributed by atoms with E-state index in [-0.39, 0.29) is 24.8 Å². The number of nitriles is 1. The van der Waals surface area contributed by atoms with Crippen LogP contribution in [-0.4, -0.2) is 38.2 Å². The van der Waals surface area contributed by atoms with Crippen LogP contribution in [0.15, 0.2) is 24.3 Å². The van der Waals surface area contributed by atoms with Crippen LogP contribution in [0.25, 0.3) is 0 Å². The summed E-state index contributed by atoms with van der Waals surface area (Å²) in [6, 6.07) is 8.87. The molecule has 1 unspecified atom stereocenters. The van der Waals surface area contributed by atoms with Gasteiger partial charge in [0.2, 0.25) is 10.0 Å². The van der Waals surface area contributed by atoms with E-state index in [0.717, 1.165) is 0 Å². The van der Waals surface area contributed by atoms with Gasteiger partial charge in [-0.1, -0.05) is 13.0 Å². The second kappa shape index (κ2) is 7.86. The van der Waals surface area contributed by atoms with Crippen molar-refractivity contribution in [2.75, 3.05) is 31.2 Å². The maximum absolute atomic E-state index is 12.2. The quantitative estimate of drug-likeness (QED) is 0.733. The molecule has 0 saturated carbocycles. The van der Waals surface area contributed by atoms with Gasteiger partial charge in [-0.2, -0.15) is 5.26 Å². The van der Waals surface area contributed by atoms with Crippen molar-refractivity contribution in [1.29, 1.82) is 5.26 Å². The topological polar surface area (TPSA) is 96.4 Å². The van der Waals surface area contributed by atoms with Crippen molar-refractivity contribution in [3.8, 4) is 11.8 Å². The molecule has 0 amide bonds. The normalized spacial score (nSPS) is 12.9. The fraction of sp³-hybridized carbons (Fsp3) is 0.500. The molecule has 0 fully saturated rings. The number of nitrogens with two attached hydrogens (primary N) is 1. The molecule has 0 aliphatic rings. The molecular weight excluding hydrogens is 290 g/mol. The Morgan fingerprint density at radius 3 is 2.76 bits per heavy atom. The molecule has 2 N–H and O–H groups in total. The van der Waals surface area contributed by atoms with E-state index in [2.05, 4.69) is 0 Å². The number of hydrogen-bond acceptors (Lipinski definition) is 5. The van der Waals surface area contributed by atoms with Gasteiger partial charge in [-0.3, -0.25) is 0 Å². The Balaban J connectivity index is 2.57. The largest absolute Gasteiger partial charge is 0.492 e. The van der Waals surface area contributed by atoms with Crippen molar-refractivity contribution in [3.63, 3.8) is 0 Å². The van der Waals surface area contributed by atoms with Crippen molar-refractivity contribution in [3.05, 3.63) is 24.3 Å². The second-order valence-corrected chi connectivity index (χ2v) is 6.81. The van der Waals surface area contributed by atoms with Crippen molar-refractivity contribution >= 4 is 15.7 Å². The molecular formula is C14H21N3O3S. The van der Waals surface area contributed by atoms with E-state index in [1.165, 1.54) is 4.31 Å². The van der Waals surface area contributed by atoms with Gasteiger partial charge >= 0.3 is 0 Å². The Kier molecular flexibility index (Phi) is 6.46. The van der Waals surface area contributed by atoms with Crippen LogP contribution in [0.2, 0.25) is 0 Å². The summed E-state index contributed by atoms with van der Waals surface area (Å²) < 4.78 is 31.1. The number of ether oxygens (including phenoxy) is 1. The molecule has 0 heterocycles. The van der Waals surface area contributed by atoms with Crippen molar-refractivity contribution in [1.82, 2.24) is 4.31 Å². The summed E-state index contributed by atoms with van der Waals surface area (Å²) in [5, 5.41) is 8.79. The highest BCUT2D eigenvalue weighted by molar-refractivity contribution is 7.89. The fourth-order valence-electron chi connectivity index (χ4n) is 1.78. The van der Waals surface area contributed by atoms with Gasteiger partial charge in [-0.15, -0.1) is 0 Å². The molecule has 0 bridgehead atoms. The lowest BCUT2D eigenvalue weighted by molar-refractivity contribution is 0.333. The van der Waals surface area contributed by atoms with Gasteiger partial charge in [0.05, 0.1) is 17.7 Å². The van der Waals surface area contributed by atoms with Crippen LogP contribution in [-0.2, 0) is 10.0 Å². The minimum atomic E-state index is -3.43. The van der Waals surface area contributed by atoms with Gasteiger partial charge in [-0.05, 0) is 19.1 Å². The SMILES string of the molecule is CCN(CC(C)C#N)S(=O)(=O)CCOc1cccc(N)c1. The molecule has 0 spiro atoms. The van der Waals surface area contributed by atoms with Gasteiger partial charge in [-0.25, -0.2) is 12.7 Å². The standard InChI is InChI=1S/C14H21N3O3S/c1-3-17(11-12(2)10-15)21(18,19)8-7-20-14-6-4-5-13(16)9-14/h4-6,9,12H,3,7-8,11,16H2,1-2H3. The maximum atomic E-state index is 12.2. The predicted molar refractivity (Wildman–Crippen MR) is 82.2 cm³/mol. The molecule has 1 atom stereocenters. The smallest absolute Gasteiger partial charge is 0.217 e. The van der Waals surface area contributed by atoms with E-state index in [4.69, 9.17) is 15.7 Å². The Labute approximate surface area is 126 Å². The zero-order chi connectivity index (χ0) is 15.9. The molecule has 7 heteroatoms. The molecule has 0 aromatic heterocycles. The Hall–Kier alpha value is -1.78. The first kappa shape index (κ1) is 17.3. The minimum Gasteiger partial charge on any atom is -0.492 e. The zero-order valence-electron chi connectivity index (χ0n) is 12.3. The molecule has 0 aliphatic heterocycles. The van der Waals surface area contributed by atoms with Crippen molar-refractivity contribution < 1.29 is 13.2 Å². The van der Waals surface area contributed by atoms with Gasteiger partial charge in [0.25, 0.3) is 0 Å². The molecule has 0 aliphatic carbocycles. The second-order valence-electron chi connectivity index (χ2n) is 4.72. The van der Waals surface area contributed by atoms with E-state index >= 15 is 0 Å². The van der Waals surface area contributed by atoms with E-state index in [0.29, 0.717) is 18.0 Å². The Bertz CT molecular complexity index is 596. The molecule has 1 rings (SSSR count). The minimum absolute atomic E-state index is 0.0449. The summed E-state index contributed by atoms with van der Waals surface area (Å²) >= 11 is 0. The Morgan fingerprint density at radius 2 is 2.19 bits per heavy atom. The van der Waals surface area contributed by atoms with Gasteiger partial charge in [0, 0.05) is 24.8 Å². The summed E-state index contributed by atoms with van der Waals surface area (Å²) in [7, 11) is -3.43. The summed E-state index contributed by atoms with van der Waals surface area (Å²) in [4.78, 5) is 0. The summed E-state index contributed by atoms with van der Waals surface area (Å²) in [6.07, 6.45) is 0. The number of rotatable bonds is 8. The third kappa shape index (κ3) is 5.61. The van der Waals surface area contributed by atoms with E-state index in [9.17, 15) is 8.42 Å². The van der Waals surface area contributed by atoms with Crippen LogP contribution in [0.3, 0.4) is 0 Å². The first-order valence-electron chi connectivity index (χ1n) is 6.74. The molecule has 1 aromatic carbocycles. The van der Waals surface area contributed by atoms with Crippen molar-refractivity contribution in [2.24, 2.45) is 5.92 Å². The number of hydrogen-bond donors (Lipinski definition) is 1. The van der Waals surface area contributed by atoms with E-state index in [1.807, 2.05) is 6.07 Å². The molecule has 6 nitrogen and oxygen atoms in total. The number of nitrogen functional groups attached to an aromatic ring is 1. The number of benzene rings is 1. The number of nitrogens with zero attached hydrogens (tertiary/aromatic N) is 2. The first-order chi connectivity index (χ1) is 9.89. The predicted octanol–water partition coefficient (Wildman–Crippen LogP) is 1.46. The third-order valence-electron chi connectivity index (χ3n) is 2.91. The van der Waals surface area contributed by atoms with Crippen LogP contribution < -0.4 is 10.5 Å². The average molecular weight is 311 g/mol. The number of anilines is 1. The van der Waals surface area contributed by atoms with E-state index < -0.39 is 10.0 Å². The van der Waals surface area contributed by atoms with Gasteiger partial charge in [0.1, 0.15) is 12.4 Å². The first-order valence-corrected chi connectivity index (χ1v) is 8.35. The Morgan fingerprint density at radius 1 is 1.48 bits per heavy atom. The summed E-state index contributed by atoms with van der Waals surface area (Å²) in [5.74, 6) is 0.0709. The lowest BCUT2D eigenvalue weighted by Gasteiger charge is -2.21. The van der Waals surface area contributed by atoms with Crippen molar-refractivity contribution in [2.45, 2.75) is 13.8 Å². The molecule has 0 radical (unpaired) electrons. The van der Waals surface area contributed by atoms with Gasteiger partial charge in [0.15, 0.2) is 0 Å². The zero-order valence-corrected chi connectivity index (χ0v) is 13.1. The molecule has 0 saturated heterocycles. The third-order valence-corrected chi connectivity index (χ3v) is 4.79. The van der Waals surface area contributed by atoms with Crippen LogP contribution >= 0.6 is 0 Å². The monoisotopic (exact) mass is 311 g/mol. The van der Waals surface area contributed by atoms with E-state index in [1.54, 1.807) is 38.1 Å². The lowest BCUT2D eigenvalue weighted by Crippen LogP contribution is -2.37. The average Bonchev–Trinajstić information content (AvgIpc) is 2.44. The molecule has 1 aromatic rings. The molecule has 116 valence electrons. The summed E-state index contributed by atoms with van der Waals surface area (Å²) in [6.45, 7) is 4.03. The maximum Gasteiger partial charge on any atom is 0.217 e.